The number of amides is 1. The van der Waals surface area contributed by atoms with Gasteiger partial charge in [-0.05, 0) is 28.7 Å². The number of para-hydroxylation sites is 1. The lowest BCUT2D eigenvalue weighted by Crippen LogP contribution is -2.20. The molecule has 0 bridgehead atoms. The van der Waals surface area contributed by atoms with E-state index in [9.17, 15) is 9.90 Å². The van der Waals surface area contributed by atoms with Crippen molar-refractivity contribution in [1.29, 1.82) is 0 Å². The zero-order chi connectivity index (χ0) is 16.9. The van der Waals surface area contributed by atoms with Gasteiger partial charge in [-0.1, -0.05) is 57.2 Å². The average Bonchev–Trinajstić information content (AvgIpc) is 2.49. The molecule has 1 amide bonds. The van der Waals surface area contributed by atoms with E-state index in [1.165, 1.54) is 11.8 Å². The van der Waals surface area contributed by atoms with Crippen LogP contribution in [-0.2, 0) is 16.6 Å². The van der Waals surface area contributed by atoms with E-state index >= 15 is 0 Å². The molecule has 0 saturated carbocycles. The molecule has 2 N–H and O–H groups in total. The maximum Gasteiger partial charge on any atom is 0.244 e. The quantitative estimate of drug-likeness (QED) is 0.672. The van der Waals surface area contributed by atoms with Crippen LogP contribution in [-0.4, -0.2) is 17.2 Å². The van der Waals surface area contributed by atoms with Crippen LogP contribution in [0.25, 0.3) is 0 Å². The van der Waals surface area contributed by atoms with Crippen LogP contribution in [0.1, 0.15) is 37.5 Å². The van der Waals surface area contributed by atoms with Gasteiger partial charge in [0.2, 0.25) is 5.91 Å². The normalized spacial score (nSPS) is 11.6. The molecule has 0 aliphatic rings. The summed E-state index contributed by atoms with van der Waals surface area (Å²) in [7, 11) is 0. The van der Waals surface area contributed by atoms with Crippen LogP contribution in [0.3, 0.4) is 0 Å². The molecule has 2 aromatic rings. The van der Waals surface area contributed by atoms with E-state index in [-0.39, 0.29) is 23.5 Å². The van der Waals surface area contributed by atoms with Crippen molar-refractivity contribution in [1.82, 2.24) is 5.43 Å². The Morgan fingerprint density at radius 3 is 2.39 bits per heavy atom. The van der Waals surface area contributed by atoms with Gasteiger partial charge in [-0.15, -0.1) is 0 Å². The van der Waals surface area contributed by atoms with E-state index in [1.807, 2.05) is 24.3 Å². The number of benzene rings is 2. The molecule has 0 atom stereocenters. The van der Waals surface area contributed by atoms with Crippen molar-refractivity contribution in [3.8, 4) is 5.75 Å². The average molecular weight is 310 g/mol. The van der Waals surface area contributed by atoms with Gasteiger partial charge in [0, 0.05) is 5.56 Å². The number of carbonyl (C=O) groups excluding carboxylic acids is 1. The standard InChI is InChI=1S/C19H22N2O2/c1-19(2,3)16-10-8-14(9-11-16)12-18(23)21-20-13-15-6-4-5-7-17(15)22/h4-11,13,22H,12H2,1-3H3,(H,21,23)/b20-13-. The van der Waals surface area contributed by atoms with Crippen LogP contribution >= 0.6 is 0 Å². The summed E-state index contributed by atoms with van der Waals surface area (Å²) in [5.41, 5.74) is 5.30. The molecular weight excluding hydrogens is 288 g/mol. The Hall–Kier alpha value is -2.62. The Bertz CT molecular complexity index is 698. The lowest BCUT2D eigenvalue weighted by atomic mass is 9.86. The van der Waals surface area contributed by atoms with Crippen molar-refractivity contribution in [2.75, 3.05) is 0 Å². The van der Waals surface area contributed by atoms with E-state index < -0.39 is 0 Å². The highest BCUT2D eigenvalue weighted by molar-refractivity contribution is 5.85. The maximum atomic E-state index is 11.9. The highest BCUT2D eigenvalue weighted by Gasteiger charge is 2.13. The topological polar surface area (TPSA) is 61.7 Å². The minimum Gasteiger partial charge on any atom is -0.507 e. The Labute approximate surface area is 136 Å². The van der Waals surface area contributed by atoms with Gasteiger partial charge < -0.3 is 5.11 Å². The number of hydrogen-bond donors (Lipinski definition) is 2. The number of nitrogens with zero attached hydrogens (tertiary/aromatic N) is 1. The molecule has 0 heterocycles. The number of carbonyl (C=O) groups is 1. The SMILES string of the molecule is CC(C)(C)c1ccc(CC(=O)N/N=C\c2ccccc2O)cc1. The van der Waals surface area contributed by atoms with Gasteiger partial charge in [0.1, 0.15) is 5.75 Å². The molecule has 2 rings (SSSR count). The third-order valence-electron chi connectivity index (χ3n) is 3.51. The van der Waals surface area contributed by atoms with Gasteiger partial charge in [0.05, 0.1) is 12.6 Å². The lowest BCUT2D eigenvalue weighted by Gasteiger charge is -2.19. The lowest BCUT2D eigenvalue weighted by molar-refractivity contribution is -0.120. The number of rotatable bonds is 4. The van der Waals surface area contributed by atoms with Crippen molar-refractivity contribution in [3.63, 3.8) is 0 Å². The van der Waals surface area contributed by atoms with Crippen molar-refractivity contribution < 1.29 is 9.90 Å². The van der Waals surface area contributed by atoms with Gasteiger partial charge >= 0.3 is 0 Å². The van der Waals surface area contributed by atoms with Gasteiger partial charge in [-0.3, -0.25) is 4.79 Å². The highest BCUT2D eigenvalue weighted by Crippen LogP contribution is 2.22. The second kappa shape index (κ2) is 7.09. The van der Waals surface area contributed by atoms with Crippen LogP contribution < -0.4 is 5.43 Å². The molecular formula is C19H22N2O2. The summed E-state index contributed by atoms with van der Waals surface area (Å²) in [4.78, 5) is 11.9. The fourth-order valence-electron chi connectivity index (χ4n) is 2.12. The smallest absolute Gasteiger partial charge is 0.244 e. The van der Waals surface area contributed by atoms with E-state index in [2.05, 4.69) is 31.3 Å². The van der Waals surface area contributed by atoms with Gasteiger partial charge in [0.15, 0.2) is 0 Å². The Kier molecular flexibility index (Phi) is 5.16. The van der Waals surface area contributed by atoms with E-state index in [4.69, 9.17) is 0 Å². The zero-order valence-corrected chi connectivity index (χ0v) is 13.7. The minimum atomic E-state index is -0.194. The Morgan fingerprint density at radius 1 is 1.13 bits per heavy atom. The summed E-state index contributed by atoms with van der Waals surface area (Å²) in [5.74, 6) is -0.0663. The van der Waals surface area contributed by atoms with Crippen LogP contribution in [0.5, 0.6) is 5.75 Å². The summed E-state index contributed by atoms with van der Waals surface area (Å²) >= 11 is 0. The maximum absolute atomic E-state index is 11.9. The second-order valence-corrected chi connectivity index (χ2v) is 6.48. The third-order valence-corrected chi connectivity index (χ3v) is 3.51. The summed E-state index contributed by atoms with van der Waals surface area (Å²) in [6.45, 7) is 6.47. The summed E-state index contributed by atoms with van der Waals surface area (Å²) in [5, 5.41) is 13.5. The molecule has 120 valence electrons. The number of phenols is 1. The fraction of sp³-hybridized carbons (Fsp3) is 0.263. The molecule has 2 aromatic carbocycles. The first-order chi connectivity index (χ1) is 10.9. The van der Waals surface area contributed by atoms with E-state index in [0.717, 1.165) is 5.56 Å². The number of hydrazone groups is 1. The molecule has 0 spiro atoms. The third kappa shape index (κ3) is 4.95. The van der Waals surface area contributed by atoms with Gasteiger partial charge in [-0.2, -0.15) is 5.10 Å². The predicted molar refractivity (Wildman–Crippen MR) is 92.7 cm³/mol. The molecule has 0 unspecified atom stereocenters. The zero-order valence-electron chi connectivity index (χ0n) is 13.7. The van der Waals surface area contributed by atoms with Crippen LogP contribution in [0.2, 0.25) is 0 Å². The Morgan fingerprint density at radius 2 is 1.78 bits per heavy atom. The molecule has 0 aromatic heterocycles. The molecule has 0 saturated heterocycles. The molecule has 0 aliphatic carbocycles. The highest BCUT2D eigenvalue weighted by atomic mass is 16.3. The Balaban J connectivity index is 1.91. The second-order valence-electron chi connectivity index (χ2n) is 6.48. The largest absolute Gasteiger partial charge is 0.507 e. The van der Waals surface area contributed by atoms with Crippen molar-refractivity contribution in [2.24, 2.45) is 5.10 Å². The van der Waals surface area contributed by atoms with Gasteiger partial charge in [0.25, 0.3) is 0 Å². The summed E-state index contributed by atoms with van der Waals surface area (Å²) in [6.07, 6.45) is 1.69. The fourth-order valence-corrected chi connectivity index (χ4v) is 2.12. The number of aromatic hydroxyl groups is 1. The molecule has 0 fully saturated rings. The van der Waals surface area contributed by atoms with E-state index in [0.29, 0.717) is 5.56 Å². The van der Waals surface area contributed by atoms with Crippen LogP contribution in [0.15, 0.2) is 53.6 Å². The first-order valence-corrected chi connectivity index (χ1v) is 7.55. The number of nitrogens with one attached hydrogen (secondary N) is 1. The van der Waals surface area contributed by atoms with E-state index in [1.54, 1.807) is 24.3 Å². The predicted octanol–water partition coefficient (Wildman–Crippen LogP) is 3.38. The first kappa shape index (κ1) is 16.7. The van der Waals surface area contributed by atoms with Crippen LogP contribution in [0.4, 0.5) is 0 Å². The van der Waals surface area contributed by atoms with Crippen molar-refractivity contribution >= 4 is 12.1 Å². The van der Waals surface area contributed by atoms with Crippen LogP contribution in [0, 0.1) is 0 Å². The molecule has 0 radical (unpaired) electrons. The molecule has 0 aliphatic heterocycles. The number of hydrogen-bond acceptors (Lipinski definition) is 3. The van der Waals surface area contributed by atoms with Crippen molar-refractivity contribution in [2.45, 2.75) is 32.6 Å². The molecule has 4 nitrogen and oxygen atoms in total. The monoisotopic (exact) mass is 310 g/mol. The minimum absolute atomic E-state index is 0.1000. The first-order valence-electron chi connectivity index (χ1n) is 7.55. The molecule has 23 heavy (non-hydrogen) atoms. The summed E-state index contributed by atoms with van der Waals surface area (Å²) in [6, 6.07) is 14.8. The molecule has 4 heteroatoms. The van der Waals surface area contributed by atoms with Crippen molar-refractivity contribution in [3.05, 3.63) is 65.2 Å². The van der Waals surface area contributed by atoms with Gasteiger partial charge in [-0.25, -0.2) is 5.43 Å². The summed E-state index contributed by atoms with van der Waals surface area (Å²) < 4.78 is 0. The number of phenolic OH excluding ortho intramolecular Hbond substituents is 1.